The first kappa shape index (κ1) is 20.6. The fourth-order valence-corrected chi connectivity index (χ4v) is 4.37. The molecule has 4 aromatic rings. The number of hydrogen-bond donors (Lipinski definition) is 1. The molecule has 4 heterocycles. The maximum Gasteiger partial charge on any atom is 0.140 e. The van der Waals surface area contributed by atoms with Gasteiger partial charge in [-0.3, -0.25) is 9.55 Å². The van der Waals surface area contributed by atoms with Crippen molar-refractivity contribution in [3.63, 3.8) is 0 Å². The Hall–Kier alpha value is -3.29. The third kappa shape index (κ3) is 4.22. The van der Waals surface area contributed by atoms with Gasteiger partial charge in [0.2, 0.25) is 0 Å². The lowest BCUT2D eigenvalue weighted by Gasteiger charge is -2.33. The van der Waals surface area contributed by atoms with E-state index in [1.54, 1.807) is 12.5 Å². The van der Waals surface area contributed by atoms with Crippen molar-refractivity contribution in [2.75, 3.05) is 45.0 Å². The van der Waals surface area contributed by atoms with E-state index in [0.29, 0.717) is 5.82 Å². The van der Waals surface area contributed by atoms with Gasteiger partial charge < -0.3 is 15.5 Å². The molecule has 0 spiro atoms. The molecule has 1 aromatic carbocycles. The zero-order valence-corrected chi connectivity index (χ0v) is 18.5. The third-order valence-corrected chi connectivity index (χ3v) is 6.32. The zero-order chi connectivity index (χ0) is 21.9. The summed E-state index contributed by atoms with van der Waals surface area (Å²) in [5.74, 6) is 1.23. The number of aromatic nitrogens is 4. The van der Waals surface area contributed by atoms with Crippen LogP contribution < -0.4 is 5.73 Å². The molecule has 0 bridgehead atoms. The first-order valence-electron chi connectivity index (χ1n) is 11.3. The lowest BCUT2D eigenvalue weighted by Crippen LogP contribution is -2.46. The number of likely N-dealkylation sites (N-methyl/N-ethyl adjacent to an activating group) is 1. The predicted molar refractivity (Wildman–Crippen MR) is 131 cm³/mol. The van der Waals surface area contributed by atoms with Crippen molar-refractivity contribution in [3.8, 4) is 5.82 Å². The SMILES string of the molecule is CCN1CCN(CCC=Cc2ccc3c(c2)ncc2c(N)nc(-n4ccnc4)cc23)CC1. The Morgan fingerprint density at radius 1 is 1.03 bits per heavy atom. The average Bonchev–Trinajstić information content (AvgIpc) is 3.37. The summed E-state index contributed by atoms with van der Waals surface area (Å²) < 4.78 is 1.86. The van der Waals surface area contributed by atoms with Crippen molar-refractivity contribution < 1.29 is 0 Å². The van der Waals surface area contributed by atoms with E-state index < -0.39 is 0 Å². The largest absolute Gasteiger partial charge is 0.383 e. The smallest absolute Gasteiger partial charge is 0.140 e. The average molecular weight is 428 g/mol. The van der Waals surface area contributed by atoms with Crippen molar-refractivity contribution >= 4 is 33.6 Å². The standard InChI is InChI=1S/C25H29N7/c1-2-30-11-13-31(14-12-30)9-4-3-5-19-6-7-20-21-16-24(32-10-8-27-18-32)29-25(26)22(21)17-28-23(20)15-19/h3,5-8,10,15-18H,2,4,9,11-14H2,1H3,(H2,26,29). The van der Waals surface area contributed by atoms with Crippen LogP contribution in [0.15, 0.2) is 55.3 Å². The molecular weight excluding hydrogens is 398 g/mol. The van der Waals surface area contributed by atoms with Gasteiger partial charge >= 0.3 is 0 Å². The van der Waals surface area contributed by atoms with E-state index in [-0.39, 0.29) is 0 Å². The number of nitrogens with zero attached hydrogens (tertiary/aromatic N) is 6. The van der Waals surface area contributed by atoms with Crippen molar-refractivity contribution in [1.82, 2.24) is 29.3 Å². The lowest BCUT2D eigenvalue weighted by atomic mass is 10.0. The minimum atomic E-state index is 0.476. The van der Waals surface area contributed by atoms with Crippen LogP contribution in [-0.2, 0) is 0 Å². The van der Waals surface area contributed by atoms with Gasteiger partial charge in [-0.25, -0.2) is 9.97 Å². The van der Waals surface area contributed by atoms with Crippen molar-refractivity contribution in [2.45, 2.75) is 13.3 Å². The number of piperazine rings is 1. The van der Waals surface area contributed by atoms with Gasteiger partial charge in [-0.05, 0) is 36.0 Å². The Morgan fingerprint density at radius 3 is 2.66 bits per heavy atom. The highest BCUT2D eigenvalue weighted by Gasteiger charge is 2.14. The molecule has 0 unspecified atom stereocenters. The monoisotopic (exact) mass is 427 g/mol. The Morgan fingerprint density at radius 2 is 1.88 bits per heavy atom. The Balaban J connectivity index is 1.34. The van der Waals surface area contributed by atoms with E-state index >= 15 is 0 Å². The van der Waals surface area contributed by atoms with E-state index in [1.165, 1.54) is 26.2 Å². The Bertz CT molecular complexity index is 1240. The molecule has 164 valence electrons. The van der Waals surface area contributed by atoms with Crippen LogP contribution in [0.1, 0.15) is 18.9 Å². The van der Waals surface area contributed by atoms with E-state index in [9.17, 15) is 0 Å². The van der Waals surface area contributed by atoms with Gasteiger partial charge in [0.05, 0.1) is 5.52 Å². The molecule has 32 heavy (non-hydrogen) atoms. The van der Waals surface area contributed by atoms with Crippen molar-refractivity contribution in [1.29, 1.82) is 0 Å². The topological polar surface area (TPSA) is 76.1 Å². The second-order valence-electron chi connectivity index (χ2n) is 8.30. The molecular formula is C25H29N7. The van der Waals surface area contributed by atoms with E-state index in [2.05, 4.69) is 62.0 Å². The number of hydrogen-bond acceptors (Lipinski definition) is 6. The molecule has 0 radical (unpaired) electrons. The molecule has 1 aliphatic rings. The first-order valence-corrected chi connectivity index (χ1v) is 11.3. The van der Waals surface area contributed by atoms with Crippen LogP contribution in [0.5, 0.6) is 0 Å². The zero-order valence-electron chi connectivity index (χ0n) is 18.5. The van der Waals surface area contributed by atoms with Crippen molar-refractivity contribution in [2.24, 2.45) is 0 Å². The number of nitrogens with two attached hydrogens (primary N) is 1. The lowest BCUT2D eigenvalue weighted by molar-refractivity contribution is 0.139. The molecule has 0 aliphatic carbocycles. The molecule has 5 rings (SSSR count). The molecule has 2 N–H and O–H groups in total. The van der Waals surface area contributed by atoms with Crippen LogP contribution in [0.3, 0.4) is 0 Å². The maximum atomic E-state index is 6.24. The summed E-state index contributed by atoms with van der Waals surface area (Å²) in [6.45, 7) is 9.24. The molecule has 0 amide bonds. The van der Waals surface area contributed by atoms with E-state index in [1.807, 2.05) is 23.0 Å². The highest BCUT2D eigenvalue weighted by molar-refractivity contribution is 6.09. The van der Waals surface area contributed by atoms with Crippen molar-refractivity contribution in [3.05, 3.63) is 60.8 Å². The van der Waals surface area contributed by atoms with E-state index in [4.69, 9.17) is 5.73 Å². The van der Waals surface area contributed by atoms with Gasteiger partial charge in [-0.2, -0.15) is 0 Å². The second-order valence-corrected chi connectivity index (χ2v) is 8.30. The molecule has 1 saturated heterocycles. The van der Waals surface area contributed by atoms with E-state index in [0.717, 1.165) is 52.6 Å². The van der Waals surface area contributed by atoms with Crippen LogP contribution in [0, 0.1) is 0 Å². The van der Waals surface area contributed by atoms with Gasteiger partial charge in [0, 0.05) is 62.1 Å². The molecule has 7 nitrogen and oxygen atoms in total. The number of nitrogen functional groups attached to an aromatic ring is 1. The highest BCUT2D eigenvalue weighted by atomic mass is 15.3. The molecule has 0 atom stereocenters. The molecule has 7 heteroatoms. The summed E-state index contributed by atoms with van der Waals surface area (Å²) in [6.07, 6.45) is 12.7. The van der Waals surface area contributed by atoms with Crippen LogP contribution in [0.25, 0.3) is 33.6 Å². The number of anilines is 1. The maximum absolute atomic E-state index is 6.24. The van der Waals surface area contributed by atoms with Crippen LogP contribution in [-0.4, -0.2) is 68.6 Å². The number of fused-ring (bicyclic) bond motifs is 3. The summed E-state index contributed by atoms with van der Waals surface area (Å²) in [5, 5.41) is 2.99. The molecule has 0 saturated carbocycles. The van der Waals surface area contributed by atoms with Crippen LogP contribution >= 0.6 is 0 Å². The fraction of sp³-hybridized carbons (Fsp3) is 0.320. The molecule has 1 fully saturated rings. The summed E-state index contributed by atoms with van der Waals surface area (Å²) in [6, 6.07) is 8.46. The number of rotatable bonds is 6. The van der Waals surface area contributed by atoms with Gasteiger partial charge in [0.25, 0.3) is 0 Å². The fourth-order valence-electron chi connectivity index (χ4n) is 4.37. The number of pyridine rings is 2. The summed E-state index contributed by atoms with van der Waals surface area (Å²) in [4.78, 5) is 18.3. The normalized spacial score (nSPS) is 15.9. The summed E-state index contributed by atoms with van der Waals surface area (Å²) in [5.41, 5.74) is 8.36. The minimum Gasteiger partial charge on any atom is -0.383 e. The van der Waals surface area contributed by atoms with Gasteiger partial charge in [-0.15, -0.1) is 0 Å². The number of benzene rings is 1. The second kappa shape index (κ2) is 9.06. The number of imidazole rings is 1. The van der Waals surface area contributed by atoms with Gasteiger partial charge in [0.15, 0.2) is 0 Å². The minimum absolute atomic E-state index is 0.476. The first-order chi connectivity index (χ1) is 15.7. The quantitative estimate of drug-likeness (QED) is 0.474. The Kier molecular flexibility index (Phi) is 5.83. The molecule has 3 aromatic heterocycles. The predicted octanol–water partition coefficient (Wildman–Crippen LogP) is 3.59. The van der Waals surface area contributed by atoms with Crippen LogP contribution in [0.4, 0.5) is 5.82 Å². The Labute approximate surface area is 188 Å². The third-order valence-electron chi connectivity index (χ3n) is 6.32. The molecule has 1 aliphatic heterocycles. The summed E-state index contributed by atoms with van der Waals surface area (Å²) >= 11 is 0. The highest BCUT2D eigenvalue weighted by Crippen LogP contribution is 2.29. The summed E-state index contributed by atoms with van der Waals surface area (Å²) in [7, 11) is 0. The van der Waals surface area contributed by atoms with Crippen LogP contribution in [0.2, 0.25) is 0 Å². The van der Waals surface area contributed by atoms with Gasteiger partial charge in [0.1, 0.15) is 18.0 Å². The van der Waals surface area contributed by atoms with Gasteiger partial charge in [-0.1, -0.05) is 31.2 Å².